The van der Waals surface area contributed by atoms with Gasteiger partial charge in [-0.15, -0.1) is 0 Å². The molecule has 4 heterocycles. The third-order valence-corrected chi connectivity index (χ3v) is 8.53. The predicted molar refractivity (Wildman–Crippen MR) is 159 cm³/mol. The lowest BCUT2D eigenvalue weighted by molar-refractivity contribution is 0.122. The molecule has 3 aliphatic rings. The summed E-state index contributed by atoms with van der Waals surface area (Å²) in [6.45, 7) is 5.01. The first-order valence-corrected chi connectivity index (χ1v) is 14.4. The van der Waals surface area contributed by atoms with Crippen molar-refractivity contribution in [2.45, 2.75) is 44.7 Å². The van der Waals surface area contributed by atoms with E-state index in [0.29, 0.717) is 17.7 Å². The van der Waals surface area contributed by atoms with Crippen LogP contribution in [-0.4, -0.2) is 54.6 Å². The summed E-state index contributed by atoms with van der Waals surface area (Å²) < 4.78 is 17.1. The average molecular weight is 557 g/mol. The normalized spacial score (nSPS) is 21.3. The number of guanidine groups is 1. The number of aryl methyl sites for hydroxylation is 1. The number of methoxy groups -OCH3 is 1. The molecule has 0 amide bonds. The van der Waals surface area contributed by atoms with Crippen molar-refractivity contribution in [3.05, 3.63) is 47.9 Å². The number of hydrogen-bond donors (Lipinski definition) is 4. The summed E-state index contributed by atoms with van der Waals surface area (Å²) in [5, 5.41) is 14.8. The first-order chi connectivity index (χ1) is 20.0. The summed E-state index contributed by atoms with van der Waals surface area (Å²) >= 11 is 0. The second kappa shape index (κ2) is 10.4. The lowest BCUT2D eigenvalue weighted by Crippen LogP contribution is -2.48. The van der Waals surface area contributed by atoms with Crippen LogP contribution >= 0.6 is 0 Å². The van der Waals surface area contributed by atoms with E-state index in [9.17, 15) is 0 Å². The maximum Gasteiger partial charge on any atom is 0.203 e. The van der Waals surface area contributed by atoms with Gasteiger partial charge >= 0.3 is 0 Å². The molecule has 2 aromatic heterocycles. The van der Waals surface area contributed by atoms with Crippen LogP contribution in [0.2, 0.25) is 0 Å². The molecule has 0 radical (unpaired) electrons. The largest absolute Gasteiger partial charge is 0.494 e. The Morgan fingerprint density at radius 2 is 1.93 bits per heavy atom. The van der Waals surface area contributed by atoms with Crippen LogP contribution in [0.3, 0.4) is 0 Å². The molecule has 4 aromatic rings. The van der Waals surface area contributed by atoms with E-state index < -0.39 is 5.66 Å². The number of oxazole rings is 1. The first kappa shape index (κ1) is 25.8. The van der Waals surface area contributed by atoms with Crippen molar-refractivity contribution in [1.29, 1.82) is 0 Å². The molecule has 1 atom stereocenters. The number of nitrogens with zero attached hydrogens (tertiary/aromatic N) is 4. The molecule has 2 aliphatic heterocycles. The van der Waals surface area contributed by atoms with Gasteiger partial charge in [-0.05, 0) is 37.1 Å². The zero-order valence-electron chi connectivity index (χ0n) is 23.5. The van der Waals surface area contributed by atoms with Gasteiger partial charge in [-0.2, -0.15) is 5.10 Å². The van der Waals surface area contributed by atoms with Crippen molar-refractivity contribution < 1.29 is 13.9 Å². The third kappa shape index (κ3) is 4.68. The number of nitrogens with one attached hydrogen (secondary N) is 3. The van der Waals surface area contributed by atoms with Gasteiger partial charge in [-0.25, -0.2) is 9.98 Å². The van der Waals surface area contributed by atoms with Crippen LogP contribution < -0.4 is 26.0 Å². The van der Waals surface area contributed by atoms with Crippen molar-refractivity contribution in [3.63, 3.8) is 0 Å². The number of aromatic amines is 1. The number of fused-ring (bicyclic) bond motifs is 2. The van der Waals surface area contributed by atoms with E-state index in [4.69, 9.17) is 24.6 Å². The number of anilines is 3. The number of benzene rings is 2. The lowest BCUT2D eigenvalue weighted by atomic mass is 9.76. The Morgan fingerprint density at radius 1 is 1.10 bits per heavy atom. The highest BCUT2D eigenvalue weighted by molar-refractivity contribution is 6.06. The van der Waals surface area contributed by atoms with E-state index in [1.54, 1.807) is 7.11 Å². The van der Waals surface area contributed by atoms with Gasteiger partial charge < -0.3 is 35.2 Å². The van der Waals surface area contributed by atoms with E-state index in [1.165, 1.54) is 6.42 Å². The molecular weight excluding hydrogens is 520 g/mol. The Kier molecular flexibility index (Phi) is 6.55. The van der Waals surface area contributed by atoms with Gasteiger partial charge in [0.2, 0.25) is 5.96 Å². The maximum atomic E-state index is 7.37. The van der Waals surface area contributed by atoms with Crippen molar-refractivity contribution in [1.82, 2.24) is 15.2 Å². The summed E-state index contributed by atoms with van der Waals surface area (Å²) in [7, 11) is 1.68. The van der Waals surface area contributed by atoms with Crippen molar-refractivity contribution in [2.24, 2.45) is 16.6 Å². The third-order valence-electron chi connectivity index (χ3n) is 8.53. The van der Waals surface area contributed by atoms with Gasteiger partial charge in [-0.1, -0.05) is 25.3 Å². The molecule has 5 N–H and O–H groups in total. The van der Waals surface area contributed by atoms with Crippen molar-refractivity contribution in [3.8, 4) is 17.0 Å². The standard InChI is InChI=1S/C30H36N8O3/c1-18-32-23-10-8-19(16-25(23)41-18)27-26-28(37-36-27)34-29(35-30(26,31)20-6-4-3-5-7-20)33-22-11-9-21(17-24(22)39-2)38-12-14-40-15-13-38/h8-11,16-17,20H,3-7,12-15,31H2,1-2H3,(H3,33,34,35,36,37). The molecule has 1 aliphatic carbocycles. The Morgan fingerprint density at radius 3 is 2.73 bits per heavy atom. The molecule has 1 saturated carbocycles. The number of morpholine rings is 1. The van der Waals surface area contributed by atoms with E-state index in [2.05, 4.69) is 36.8 Å². The number of aromatic nitrogens is 3. The second-order valence-electron chi connectivity index (χ2n) is 11.1. The van der Waals surface area contributed by atoms with Crippen LogP contribution in [0.5, 0.6) is 5.75 Å². The molecule has 11 nitrogen and oxygen atoms in total. The van der Waals surface area contributed by atoms with Crippen LogP contribution in [0.15, 0.2) is 45.8 Å². The van der Waals surface area contributed by atoms with Gasteiger partial charge in [0.15, 0.2) is 17.3 Å². The summed E-state index contributed by atoms with van der Waals surface area (Å²) in [4.78, 5) is 11.9. The highest BCUT2D eigenvalue weighted by atomic mass is 16.5. The zero-order chi connectivity index (χ0) is 28.0. The fraction of sp³-hybridized carbons (Fsp3) is 0.433. The highest BCUT2D eigenvalue weighted by Gasteiger charge is 2.45. The van der Waals surface area contributed by atoms with Crippen molar-refractivity contribution in [2.75, 3.05) is 48.9 Å². The number of nitrogens with two attached hydrogens (primary N) is 1. The molecule has 0 bridgehead atoms. The molecule has 2 fully saturated rings. The average Bonchev–Trinajstić information content (AvgIpc) is 3.61. The summed E-state index contributed by atoms with van der Waals surface area (Å²) in [5.74, 6) is 2.75. The summed E-state index contributed by atoms with van der Waals surface area (Å²) in [6, 6.07) is 12.1. The molecule has 41 heavy (non-hydrogen) atoms. The maximum absolute atomic E-state index is 7.37. The molecule has 1 saturated heterocycles. The molecule has 214 valence electrons. The number of rotatable bonds is 5. The van der Waals surface area contributed by atoms with Gasteiger partial charge in [0.05, 0.1) is 37.3 Å². The molecule has 0 spiro atoms. The SMILES string of the molecule is COc1cc(N2CCOCC2)ccc1NC1=NC(N)(C2CCCCC2)c2c(n[nH]c2-c2ccc3nc(C)oc3c2)N1. The molecule has 2 aromatic carbocycles. The fourth-order valence-electron chi connectivity index (χ4n) is 6.43. The zero-order valence-corrected chi connectivity index (χ0v) is 23.5. The smallest absolute Gasteiger partial charge is 0.203 e. The predicted octanol–water partition coefficient (Wildman–Crippen LogP) is 4.96. The molecular formula is C30H36N8O3. The fourth-order valence-corrected chi connectivity index (χ4v) is 6.43. The Bertz CT molecular complexity index is 1600. The van der Waals surface area contributed by atoms with Gasteiger partial charge in [-0.3, -0.25) is 5.10 Å². The number of H-pyrrole nitrogens is 1. The minimum Gasteiger partial charge on any atom is -0.494 e. The Labute approximate surface area is 238 Å². The Hall–Kier alpha value is -4.09. The topological polar surface area (TPSA) is 139 Å². The van der Waals surface area contributed by atoms with Gasteiger partial charge in [0, 0.05) is 43.2 Å². The quantitative estimate of drug-likeness (QED) is 0.269. The second-order valence-corrected chi connectivity index (χ2v) is 11.1. The number of ether oxygens (including phenoxy) is 2. The van der Waals surface area contributed by atoms with Crippen LogP contribution in [0.4, 0.5) is 17.2 Å². The minimum absolute atomic E-state index is 0.173. The van der Waals surface area contributed by atoms with Gasteiger partial charge in [0.25, 0.3) is 0 Å². The van der Waals surface area contributed by atoms with E-state index in [1.807, 2.05) is 37.3 Å². The number of hydrogen-bond acceptors (Lipinski definition) is 10. The summed E-state index contributed by atoms with van der Waals surface area (Å²) in [5.41, 5.74) is 12.5. The Balaban J connectivity index is 1.25. The van der Waals surface area contributed by atoms with Crippen LogP contribution in [0, 0.1) is 12.8 Å². The van der Waals surface area contributed by atoms with E-state index in [-0.39, 0.29) is 5.92 Å². The van der Waals surface area contributed by atoms with E-state index in [0.717, 1.165) is 97.0 Å². The summed E-state index contributed by atoms with van der Waals surface area (Å²) in [6.07, 6.45) is 5.51. The van der Waals surface area contributed by atoms with E-state index >= 15 is 0 Å². The monoisotopic (exact) mass is 556 g/mol. The minimum atomic E-state index is -0.973. The van der Waals surface area contributed by atoms with Gasteiger partial charge in [0.1, 0.15) is 16.9 Å². The number of aliphatic imine (C=N–C) groups is 1. The van der Waals surface area contributed by atoms with Crippen molar-refractivity contribution >= 4 is 34.3 Å². The lowest BCUT2D eigenvalue weighted by Gasteiger charge is -2.40. The highest BCUT2D eigenvalue weighted by Crippen LogP contribution is 2.47. The molecule has 7 rings (SSSR count). The van der Waals surface area contributed by atoms with Crippen LogP contribution in [0.25, 0.3) is 22.4 Å². The van der Waals surface area contributed by atoms with Crippen LogP contribution in [0.1, 0.15) is 43.6 Å². The molecule has 11 heteroatoms. The van der Waals surface area contributed by atoms with Crippen LogP contribution in [-0.2, 0) is 10.4 Å². The first-order valence-electron chi connectivity index (χ1n) is 14.4. The molecule has 1 unspecified atom stereocenters.